The second kappa shape index (κ2) is 5.94. The molecule has 0 bridgehead atoms. The molecule has 1 heterocycles. The second-order valence-electron chi connectivity index (χ2n) is 4.67. The third-order valence-corrected chi connectivity index (χ3v) is 3.64. The van der Waals surface area contributed by atoms with Crippen LogP contribution in [0.5, 0.6) is 0 Å². The number of carbonyl (C=O) groups excluding carboxylic acids is 1. The van der Waals surface area contributed by atoms with Gasteiger partial charge in [0.2, 0.25) is 5.91 Å². The molecule has 3 nitrogen and oxygen atoms in total. The molecular formula is C17H13ClN2O. The Morgan fingerprint density at radius 2 is 1.86 bits per heavy atom. The predicted molar refractivity (Wildman–Crippen MR) is 85.4 cm³/mol. The molecule has 0 aliphatic heterocycles. The van der Waals surface area contributed by atoms with Crippen LogP contribution in [-0.4, -0.2) is 10.9 Å². The Morgan fingerprint density at radius 1 is 1.05 bits per heavy atom. The first-order chi connectivity index (χ1) is 10.2. The normalized spacial score (nSPS) is 12.0. The number of nitrogens with one attached hydrogen (secondary N) is 1. The Morgan fingerprint density at radius 3 is 2.67 bits per heavy atom. The zero-order valence-electron chi connectivity index (χ0n) is 11.2. The lowest BCUT2D eigenvalue weighted by Gasteiger charge is -2.11. The quantitative estimate of drug-likeness (QED) is 0.738. The molecule has 3 rings (SSSR count). The lowest BCUT2D eigenvalue weighted by Crippen LogP contribution is -2.17. The Hall–Kier alpha value is -2.39. The SMILES string of the molecule is O=C(Nc1ccc2ncccc2c1)C(Cl)c1ccccc1. The molecular weight excluding hydrogens is 284 g/mol. The van der Waals surface area contributed by atoms with Crippen molar-refractivity contribution in [3.8, 4) is 0 Å². The van der Waals surface area contributed by atoms with Crippen LogP contribution < -0.4 is 5.32 Å². The summed E-state index contributed by atoms with van der Waals surface area (Å²) in [5.41, 5.74) is 2.38. The summed E-state index contributed by atoms with van der Waals surface area (Å²) in [5, 5.41) is 3.09. The summed E-state index contributed by atoms with van der Waals surface area (Å²) in [6.45, 7) is 0. The van der Waals surface area contributed by atoms with Crippen LogP contribution >= 0.6 is 11.6 Å². The maximum atomic E-state index is 12.2. The summed E-state index contributed by atoms with van der Waals surface area (Å²) < 4.78 is 0. The van der Waals surface area contributed by atoms with Gasteiger partial charge in [-0.25, -0.2) is 0 Å². The maximum absolute atomic E-state index is 12.2. The van der Waals surface area contributed by atoms with Crippen molar-refractivity contribution in [3.05, 3.63) is 72.4 Å². The molecule has 0 spiro atoms. The van der Waals surface area contributed by atoms with E-state index in [-0.39, 0.29) is 5.91 Å². The van der Waals surface area contributed by atoms with Gasteiger partial charge in [-0.15, -0.1) is 11.6 Å². The van der Waals surface area contributed by atoms with Crippen LogP contribution in [0.2, 0.25) is 0 Å². The number of benzene rings is 2. The van der Waals surface area contributed by atoms with E-state index < -0.39 is 5.38 Å². The molecule has 1 amide bonds. The highest BCUT2D eigenvalue weighted by Crippen LogP contribution is 2.23. The fraction of sp³-hybridized carbons (Fsp3) is 0.0588. The van der Waals surface area contributed by atoms with E-state index in [1.807, 2.05) is 60.7 Å². The zero-order valence-corrected chi connectivity index (χ0v) is 11.9. The molecule has 0 aliphatic rings. The van der Waals surface area contributed by atoms with Crippen molar-refractivity contribution in [1.29, 1.82) is 0 Å². The summed E-state index contributed by atoms with van der Waals surface area (Å²) in [6.07, 6.45) is 1.74. The number of amides is 1. The number of halogens is 1. The van der Waals surface area contributed by atoms with Gasteiger partial charge in [-0.2, -0.15) is 0 Å². The number of anilines is 1. The van der Waals surface area contributed by atoms with E-state index in [1.165, 1.54) is 0 Å². The Bertz CT molecular complexity index is 774. The first-order valence-electron chi connectivity index (χ1n) is 6.59. The number of alkyl halides is 1. The number of hydrogen-bond donors (Lipinski definition) is 1. The van der Waals surface area contributed by atoms with Crippen molar-refractivity contribution < 1.29 is 4.79 Å². The van der Waals surface area contributed by atoms with Gasteiger partial charge in [0.15, 0.2) is 0 Å². The average Bonchev–Trinajstić information content (AvgIpc) is 2.55. The molecule has 0 saturated carbocycles. The van der Waals surface area contributed by atoms with Crippen molar-refractivity contribution in [2.45, 2.75) is 5.38 Å². The predicted octanol–water partition coefficient (Wildman–Crippen LogP) is 4.15. The number of aromatic nitrogens is 1. The van der Waals surface area contributed by atoms with Gasteiger partial charge in [0, 0.05) is 17.3 Å². The first-order valence-corrected chi connectivity index (χ1v) is 7.02. The van der Waals surface area contributed by atoms with E-state index in [2.05, 4.69) is 10.3 Å². The second-order valence-corrected chi connectivity index (χ2v) is 5.11. The number of hydrogen-bond acceptors (Lipinski definition) is 2. The van der Waals surface area contributed by atoms with Gasteiger partial charge in [0.1, 0.15) is 5.38 Å². The molecule has 0 fully saturated rings. The van der Waals surface area contributed by atoms with Crippen molar-refractivity contribution >= 4 is 34.1 Å². The summed E-state index contributed by atoms with van der Waals surface area (Å²) in [5.74, 6) is -0.244. The van der Waals surface area contributed by atoms with Crippen LogP contribution in [0.25, 0.3) is 10.9 Å². The van der Waals surface area contributed by atoms with Gasteiger partial charge in [0.05, 0.1) is 5.52 Å². The summed E-state index contributed by atoms with van der Waals surface area (Å²) >= 11 is 6.20. The lowest BCUT2D eigenvalue weighted by atomic mass is 10.1. The summed E-state index contributed by atoms with van der Waals surface area (Å²) in [4.78, 5) is 16.4. The monoisotopic (exact) mass is 296 g/mol. The van der Waals surface area contributed by atoms with Crippen LogP contribution in [0.1, 0.15) is 10.9 Å². The van der Waals surface area contributed by atoms with E-state index in [0.29, 0.717) is 5.69 Å². The first kappa shape index (κ1) is 13.6. The van der Waals surface area contributed by atoms with Crippen LogP contribution in [0.4, 0.5) is 5.69 Å². The lowest BCUT2D eigenvalue weighted by molar-refractivity contribution is -0.116. The molecule has 1 N–H and O–H groups in total. The summed E-state index contributed by atoms with van der Waals surface area (Å²) in [7, 11) is 0. The third kappa shape index (κ3) is 3.03. The number of rotatable bonds is 3. The number of fused-ring (bicyclic) bond motifs is 1. The van der Waals surface area contributed by atoms with E-state index in [4.69, 9.17) is 11.6 Å². The minimum absolute atomic E-state index is 0.244. The van der Waals surface area contributed by atoms with Gasteiger partial charge in [-0.1, -0.05) is 36.4 Å². The van der Waals surface area contributed by atoms with Gasteiger partial charge in [-0.3, -0.25) is 9.78 Å². The molecule has 0 radical (unpaired) electrons. The molecule has 104 valence electrons. The number of pyridine rings is 1. The average molecular weight is 297 g/mol. The standard InChI is InChI=1S/C17H13ClN2O/c18-16(12-5-2-1-3-6-12)17(21)20-14-8-9-15-13(11-14)7-4-10-19-15/h1-11,16H,(H,20,21). The molecule has 0 saturated heterocycles. The Labute approximate surface area is 127 Å². The summed E-state index contributed by atoms with van der Waals surface area (Å²) in [6, 6.07) is 18.7. The highest BCUT2D eigenvalue weighted by molar-refractivity contribution is 6.32. The third-order valence-electron chi connectivity index (χ3n) is 3.19. The topological polar surface area (TPSA) is 42.0 Å². The molecule has 21 heavy (non-hydrogen) atoms. The van der Waals surface area contributed by atoms with Crippen molar-refractivity contribution in [3.63, 3.8) is 0 Å². The molecule has 1 aromatic heterocycles. The fourth-order valence-corrected chi connectivity index (χ4v) is 2.33. The molecule has 3 aromatic rings. The van der Waals surface area contributed by atoms with Crippen LogP contribution in [0.15, 0.2) is 66.9 Å². The van der Waals surface area contributed by atoms with E-state index in [9.17, 15) is 4.79 Å². The van der Waals surface area contributed by atoms with Crippen LogP contribution in [0, 0.1) is 0 Å². The zero-order chi connectivity index (χ0) is 14.7. The van der Waals surface area contributed by atoms with Gasteiger partial charge in [0.25, 0.3) is 0 Å². The largest absolute Gasteiger partial charge is 0.324 e. The fourth-order valence-electron chi connectivity index (χ4n) is 2.13. The number of nitrogens with zero attached hydrogens (tertiary/aromatic N) is 1. The maximum Gasteiger partial charge on any atom is 0.246 e. The Balaban J connectivity index is 1.80. The van der Waals surface area contributed by atoms with Crippen LogP contribution in [0.3, 0.4) is 0 Å². The highest BCUT2D eigenvalue weighted by atomic mass is 35.5. The minimum atomic E-state index is -0.712. The van der Waals surface area contributed by atoms with Crippen molar-refractivity contribution in [1.82, 2.24) is 4.98 Å². The van der Waals surface area contributed by atoms with Gasteiger partial charge in [-0.05, 0) is 29.8 Å². The van der Waals surface area contributed by atoms with Gasteiger partial charge < -0.3 is 5.32 Å². The molecule has 0 aliphatic carbocycles. The highest BCUT2D eigenvalue weighted by Gasteiger charge is 2.17. The van der Waals surface area contributed by atoms with Crippen molar-refractivity contribution in [2.75, 3.05) is 5.32 Å². The Kier molecular flexibility index (Phi) is 3.84. The van der Waals surface area contributed by atoms with Crippen LogP contribution in [-0.2, 0) is 4.79 Å². The van der Waals surface area contributed by atoms with E-state index >= 15 is 0 Å². The molecule has 1 unspecified atom stereocenters. The van der Waals surface area contributed by atoms with E-state index in [0.717, 1.165) is 16.5 Å². The smallest absolute Gasteiger partial charge is 0.246 e. The van der Waals surface area contributed by atoms with Gasteiger partial charge >= 0.3 is 0 Å². The molecule has 1 atom stereocenters. The molecule has 4 heteroatoms. The molecule has 2 aromatic carbocycles. The minimum Gasteiger partial charge on any atom is -0.324 e. The van der Waals surface area contributed by atoms with E-state index in [1.54, 1.807) is 6.20 Å². The van der Waals surface area contributed by atoms with Crippen molar-refractivity contribution in [2.24, 2.45) is 0 Å². The number of carbonyl (C=O) groups is 1.